The van der Waals surface area contributed by atoms with E-state index in [1.807, 2.05) is 0 Å². The molecule has 0 aliphatic heterocycles. The molecular formula is C11H10ClF3O3. The van der Waals surface area contributed by atoms with Gasteiger partial charge in [0.1, 0.15) is 0 Å². The van der Waals surface area contributed by atoms with Crippen molar-refractivity contribution in [1.82, 2.24) is 0 Å². The van der Waals surface area contributed by atoms with Crippen LogP contribution in [0.2, 0.25) is 0 Å². The van der Waals surface area contributed by atoms with Crippen LogP contribution >= 0.6 is 11.6 Å². The molecule has 0 saturated carbocycles. The minimum absolute atomic E-state index is 0.146. The molecule has 1 aromatic carbocycles. The highest BCUT2D eigenvalue weighted by Crippen LogP contribution is 2.36. The number of ketones is 1. The van der Waals surface area contributed by atoms with Gasteiger partial charge in [-0.25, -0.2) is 0 Å². The Bertz CT molecular complexity index is 432. The molecule has 0 amide bonds. The summed E-state index contributed by atoms with van der Waals surface area (Å²) in [5.74, 6) is -1.91. The minimum Gasteiger partial charge on any atom is -0.490 e. The highest BCUT2D eigenvalue weighted by atomic mass is 35.5. The van der Waals surface area contributed by atoms with E-state index in [-0.39, 0.29) is 17.9 Å². The number of Topliss-reactive ketones (excluding diaryl/α,β-unsaturated/α-hetero) is 1. The van der Waals surface area contributed by atoms with Gasteiger partial charge in [-0.05, 0) is 19.1 Å². The number of halogens is 4. The molecule has 18 heavy (non-hydrogen) atoms. The van der Waals surface area contributed by atoms with Gasteiger partial charge in [0.25, 0.3) is 0 Å². The van der Waals surface area contributed by atoms with Gasteiger partial charge in [-0.3, -0.25) is 4.79 Å². The van der Waals surface area contributed by atoms with Crippen LogP contribution in [0, 0.1) is 0 Å². The van der Waals surface area contributed by atoms with Crippen molar-refractivity contribution in [3.8, 4) is 11.5 Å². The molecule has 1 rings (SSSR count). The first-order chi connectivity index (χ1) is 8.39. The lowest BCUT2D eigenvalue weighted by Gasteiger charge is -2.16. The molecule has 0 N–H and O–H groups in total. The van der Waals surface area contributed by atoms with Crippen LogP contribution in [0.4, 0.5) is 13.2 Å². The summed E-state index contributed by atoms with van der Waals surface area (Å²) >= 11 is 5.33. The number of carbonyl (C=O) groups excluding carboxylic acids is 1. The van der Waals surface area contributed by atoms with Crippen molar-refractivity contribution in [3.05, 3.63) is 23.8 Å². The molecule has 0 aliphatic rings. The quantitative estimate of drug-likeness (QED) is 0.613. The summed E-state index contributed by atoms with van der Waals surface area (Å²) in [7, 11) is 0. The predicted octanol–water partition coefficient (Wildman–Crippen LogP) is 3.41. The first kappa shape index (κ1) is 14.6. The van der Waals surface area contributed by atoms with E-state index in [9.17, 15) is 18.0 Å². The maximum atomic E-state index is 12.3. The Hall–Kier alpha value is -1.43. The van der Waals surface area contributed by atoms with Gasteiger partial charge in [-0.2, -0.15) is 0 Å². The summed E-state index contributed by atoms with van der Waals surface area (Å²) in [6.45, 7) is 1.75. The van der Waals surface area contributed by atoms with Gasteiger partial charge in [0.2, 0.25) is 0 Å². The second kappa shape index (κ2) is 5.95. The number of ether oxygens (including phenoxy) is 2. The topological polar surface area (TPSA) is 35.5 Å². The number of hydrogen-bond acceptors (Lipinski definition) is 3. The molecule has 0 aliphatic carbocycles. The summed E-state index contributed by atoms with van der Waals surface area (Å²) < 4.78 is 45.7. The highest BCUT2D eigenvalue weighted by Gasteiger charge is 2.34. The highest BCUT2D eigenvalue weighted by molar-refractivity contribution is 6.30. The van der Waals surface area contributed by atoms with Crippen LogP contribution in [0.15, 0.2) is 18.2 Å². The maximum absolute atomic E-state index is 12.3. The van der Waals surface area contributed by atoms with Crippen molar-refractivity contribution in [2.45, 2.75) is 13.3 Å². The minimum atomic E-state index is -4.91. The summed E-state index contributed by atoms with van der Waals surface area (Å²) in [4.78, 5) is 11.4. The van der Waals surface area contributed by atoms with E-state index < -0.39 is 23.8 Å². The van der Waals surface area contributed by atoms with Crippen molar-refractivity contribution in [3.63, 3.8) is 0 Å². The molecule has 0 spiro atoms. The van der Waals surface area contributed by atoms with Crippen molar-refractivity contribution in [1.29, 1.82) is 0 Å². The average Bonchev–Trinajstić information content (AvgIpc) is 2.29. The van der Waals surface area contributed by atoms with E-state index in [1.54, 1.807) is 6.92 Å². The molecular weight excluding hydrogens is 273 g/mol. The van der Waals surface area contributed by atoms with Crippen LogP contribution in [-0.2, 0) is 0 Å². The SMILES string of the molecule is CCOc1cccc(C(=O)CCl)c1OC(F)(F)F. The van der Waals surface area contributed by atoms with Crippen molar-refractivity contribution >= 4 is 17.4 Å². The number of carbonyl (C=O) groups is 1. The molecule has 0 aromatic heterocycles. The largest absolute Gasteiger partial charge is 0.573 e. The third kappa shape index (κ3) is 3.80. The van der Waals surface area contributed by atoms with Crippen LogP contribution in [-0.4, -0.2) is 24.6 Å². The monoisotopic (exact) mass is 282 g/mol. The summed E-state index contributed by atoms with van der Waals surface area (Å²) in [6, 6.07) is 3.89. The molecule has 100 valence electrons. The molecule has 3 nitrogen and oxygen atoms in total. The fourth-order valence-corrected chi connectivity index (χ4v) is 1.44. The summed E-state index contributed by atoms with van der Waals surface area (Å²) in [6.07, 6.45) is -4.91. The van der Waals surface area contributed by atoms with Gasteiger partial charge in [-0.1, -0.05) is 6.07 Å². The number of hydrogen-bond donors (Lipinski definition) is 0. The Morgan fingerprint density at radius 2 is 2.06 bits per heavy atom. The second-order valence-electron chi connectivity index (χ2n) is 3.17. The van der Waals surface area contributed by atoms with Crippen LogP contribution in [0.5, 0.6) is 11.5 Å². The zero-order chi connectivity index (χ0) is 13.8. The lowest BCUT2D eigenvalue weighted by atomic mass is 10.1. The van der Waals surface area contributed by atoms with Gasteiger partial charge in [0, 0.05) is 0 Å². The maximum Gasteiger partial charge on any atom is 0.573 e. The van der Waals surface area contributed by atoms with E-state index in [0.29, 0.717) is 0 Å². The Labute approximate surface area is 106 Å². The standard InChI is InChI=1S/C11H10ClF3O3/c1-2-17-9-5-3-4-7(8(16)6-12)10(9)18-11(13,14)15/h3-5H,2,6H2,1H3. The number of alkyl halides is 4. The number of para-hydroxylation sites is 1. The fraction of sp³-hybridized carbons (Fsp3) is 0.364. The van der Waals surface area contributed by atoms with E-state index in [1.165, 1.54) is 18.2 Å². The molecule has 0 saturated heterocycles. The van der Waals surface area contributed by atoms with Crippen LogP contribution in [0.3, 0.4) is 0 Å². The molecule has 0 atom stereocenters. The Kier molecular flexibility index (Phi) is 4.84. The van der Waals surface area contributed by atoms with E-state index in [0.717, 1.165) is 0 Å². The molecule has 0 unspecified atom stereocenters. The van der Waals surface area contributed by atoms with Gasteiger partial charge < -0.3 is 9.47 Å². The molecule has 0 fully saturated rings. The van der Waals surface area contributed by atoms with Gasteiger partial charge in [0.15, 0.2) is 17.3 Å². The van der Waals surface area contributed by atoms with Crippen LogP contribution in [0.25, 0.3) is 0 Å². The average molecular weight is 283 g/mol. The third-order valence-corrected chi connectivity index (χ3v) is 2.16. The molecule has 0 radical (unpaired) electrons. The van der Waals surface area contributed by atoms with Gasteiger partial charge in [-0.15, -0.1) is 24.8 Å². The van der Waals surface area contributed by atoms with Crippen LogP contribution < -0.4 is 9.47 Å². The Morgan fingerprint density at radius 3 is 2.56 bits per heavy atom. The smallest absolute Gasteiger partial charge is 0.490 e. The molecule has 0 bridgehead atoms. The number of benzene rings is 1. The fourth-order valence-electron chi connectivity index (χ4n) is 1.30. The first-order valence-electron chi connectivity index (χ1n) is 4.99. The van der Waals surface area contributed by atoms with Gasteiger partial charge in [0.05, 0.1) is 18.1 Å². The summed E-state index contributed by atoms with van der Waals surface area (Å²) in [5.41, 5.74) is -0.256. The Morgan fingerprint density at radius 1 is 1.39 bits per heavy atom. The molecule has 1 aromatic rings. The summed E-state index contributed by atoms with van der Waals surface area (Å²) in [5, 5.41) is 0. The van der Waals surface area contributed by atoms with Crippen molar-refractivity contribution in [2.24, 2.45) is 0 Å². The zero-order valence-electron chi connectivity index (χ0n) is 9.38. The number of rotatable bonds is 5. The second-order valence-corrected chi connectivity index (χ2v) is 3.44. The third-order valence-electron chi connectivity index (χ3n) is 1.92. The van der Waals surface area contributed by atoms with Crippen molar-refractivity contribution in [2.75, 3.05) is 12.5 Å². The first-order valence-corrected chi connectivity index (χ1v) is 5.53. The lowest BCUT2D eigenvalue weighted by Crippen LogP contribution is -2.20. The Balaban J connectivity index is 3.25. The van der Waals surface area contributed by atoms with E-state index in [2.05, 4.69) is 4.74 Å². The lowest BCUT2D eigenvalue weighted by molar-refractivity contribution is -0.275. The zero-order valence-corrected chi connectivity index (χ0v) is 10.1. The predicted molar refractivity (Wildman–Crippen MR) is 59.3 cm³/mol. The van der Waals surface area contributed by atoms with Gasteiger partial charge >= 0.3 is 6.36 Å². The van der Waals surface area contributed by atoms with Crippen molar-refractivity contribution < 1.29 is 27.4 Å². The van der Waals surface area contributed by atoms with Crippen LogP contribution in [0.1, 0.15) is 17.3 Å². The van der Waals surface area contributed by atoms with E-state index >= 15 is 0 Å². The van der Waals surface area contributed by atoms with E-state index in [4.69, 9.17) is 16.3 Å². The molecule has 7 heteroatoms. The molecule has 0 heterocycles. The normalized spacial score (nSPS) is 11.2.